The molecule has 1 aliphatic carbocycles. The van der Waals surface area contributed by atoms with Gasteiger partial charge in [-0.2, -0.15) is 0 Å². The molecule has 1 spiro atoms. The second-order valence-electron chi connectivity index (χ2n) is 9.65. The number of hydrogen-bond donors (Lipinski definition) is 1. The smallest absolute Gasteiger partial charge is 0.276 e. The van der Waals surface area contributed by atoms with Crippen LogP contribution in [0.15, 0.2) is 10.6 Å². The zero-order chi connectivity index (χ0) is 19.5. The summed E-state index contributed by atoms with van der Waals surface area (Å²) in [6.45, 7) is 8.71. The van der Waals surface area contributed by atoms with Crippen LogP contribution in [-0.4, -0.2) is 65.0 Å². The summed E-state index contributed by atoms with van der Waals surface area (Å²) in [6.07, 6.45) is 3.92. The van der Waals surface area contributed by atoms with E-state index in [1.54, 1.807) is 0 Å². The fourth-order valence-electron chi connectivity index (χ4n) is 5.52. The zero-order valence-corrected chi connectivity index (χ0v) is 16.8. The number of nitrogens with one attached hydrogen (secondary N) is 1. The highest BCUT2D eigenvalue weighted by Gasteiger charge is 2.57. The number of fused-ring (bicyclic) bond motifs is 2. The fraction of sp³-hybridized carbons (Fsp3) is 0.762. The molecule has 1 saturated carbocycles. The Labute approximate surface area is 165 Å². The summed E-state index contributed by atoms with van der Waals surface area (Å²) in [5, 5.41) is 7.34. The molecule has 28 heavy (non-hydrogen) atoms. The summed E-state index contributed by atoms with van der Waals surface area (Å²) in [5.41, 5.74) is 0.280. The number of piperidine rings is 1. The molecule has 7 nitrogen and oxygen atoms in total. The zero-order valence-electron chi connectivity index (χ0n) is 16.8. The van der Waals surface area contributed by atoms with Crippen LogP contribution < -0.4 is 5.32 Å². The van der Waals surface area contributed by atoms with Crippen LogP contribution in [0.4, 0.5) is 0 Å². The van der Waals surface area contributed by atoms with Crippen molar-refractivity contribution in [3.63, 3.8) is 0 Å². The van der Waals surface area contributed by atoms with E-state index in [2.05, 4.69) is 29.2 Å². The van der Waals surface area contributed by atoms with Crippen molar-refractivity contribution in [1.82, 2.24) is 20.3 Å². The van der Waals surface area contributed by atoms with Gasteiger partial charge in [0.1, 0.15) is 5.76 Å². The molecule has 1 N–H and O–H groups in total. The predicted octanol–water partition coefficient (Wildman–Crippen LogP) is 1.86. The molecule has 4 heterocycles. The fourth-order valence-corrected chi connectivity index (χ4v) is 5.52. The maximum absolute atomic E-state index is 12.8. The topological polar surface area (TPSA) is 78.7 Å². The summed E-state index contributed by atoms with van der Waals surface area (Å²) in [6, 6.07) is 1.82. The molecule has 4 aliphatic rings. The third kappa shape index (κ3) is 3.04. The molecule has 3 aliphatic heterocycles. The Morgan fingerprint density at radius 3 is 2.75 bits per heavy atom. The minimum atomic E-state index is -0.146. The lowest BCUT2D eigenvalue weighted by molar-refractivity contribution is -0.123. The van der Waals surface area contributed by atoms with Crippen LogP contribution in [0.3, 0.4) is 0 Å². The highest BCUT2D eigenvalue weighted by molar-refractivity contribution is 5.92. The lowest BCUT2D eigenvalue weighted by Crippen LogP contribution is -2.56. The van der Waals surface area contributed by atoms with Crippen molar-refractivity contribution in [2.45, 2.75) is 51.0 Å². The number of nitrogens with zero attached hydrogens (tertiary/aromatic N) is 3. The van der Waals surface area contributed by atoms with Crippen molar-refractivity contribution in [2.75, 3.05) is 32.7 Å². The van der Waals surface area contributed by atoms with E-state index >= 15 is 0 Å². The molecule has 4 fully saturated rings. The van der Waals surface area contributed by atoms with Gasteiger partial charge in [0.15, 0.2) is 5.69 Å². The first-order chi connectivity index (χ1) is 13.4. The molecule has 0 radical (unpaired) electrons. The molecule has 5 rings (SSSR count). The van der Waals surface area contributed by atoms with Gasteiger partial charge in [0.2, 0.25) is 5.91 Å². The molecule has 1 aromatic heterocycles. The highest BCUT2D eigenvalue weighted by atomic mass is 16.5. The van der Waals surface area contributed by atoms with Gasteiger partial charge in [-0.25, -0.2) is 0 Å². The Balaban J connectivity index is 1.24. The second kappa shape index (κ2) is 6.58. The van der Waals surface area contributed by atoms with Crippen molar-refractivity contribution in [3.05, 3.63) is 17.5 Å². The van der Waals surface area contributed by atoms with Crippen LogP contribution in [0, 0.1) is 17.8 Å². The molecule has 0 unspecified atom stereocenters. The van der Waals surface area contributed by atoms with Crippen LogP contribution in [0.2, 0.25) is 0 Å². The molecule has 0 aromatic carbocycles. The van der Waals surface area contributed by atoms with E-state index in [4.69, 9.17) is 4.52 Å². The van der Waals surface area contributed by atoms with E-state index in [9.17, 15) is 9.59 Å². The largest absolute Gasteiger partial charge is 0.360 e. The van der Waals surface area contributed by atoms with Gasteiger partial charge >= 0.3 is 0 Å². The van der Waals surface area contributed by atoms with Gasteiger partial charge in [-0.3, -0.25) is 9.59 Å². The maximum atomic E-state index is 12.8. The van der Waals surface area contributed by atoms with Crippen LogP contribution in [0.5, 0.6) is 0 Å². The molecule has 3 saturated heterocycles. The Kier molecular flexibility index (Phi) is 4.27. The van der Waals surface area contributed by atoms with Crippen molar-refractivity contribution in [3.8, 4) is 0 Å². The van der Waals surface area contributed by atoms with Gasteiger partial charge in [0.25, 0.3) is 5.91 Å². The van der Waals surface area contributed by atoms with E-state index in [1.165, 1.54) is 0 Å². The second-order valence-corrected chi connectivity index (χ2v) is 9.65. The summed E-state index contributed by atoms with van der Waals surface area (Å²) in [4.78, 5) is 29.8. The van der Waals surface area contributed by atoms with E-state index in [0.29, 0.717) is 36.5 Å². The highest BCUT2D eigenvalue weighted by Crippen LogP contribution is 2.44. The van der Waals surface area contributed by atoms with Crippen LogP contribution >= 0.6 is 0 Å². The van der Waals surface area contributed by atoms with Gasteiger partial charge in [-0.1, -0.05) is 19.0 Å². The summed E-state index contributed by atoms with van der Waals surface area (Å²) < 4.78 is 5.35. The van der Waals surface area contributed by atoms with Crippen LogP contribution in [0.25, 0.3) is 0 Å². The first kappa shape index (κ1) is 18.2. The number of carbonyl (C=O) groups excluding carboxylic acids is 2. The molecule has 152 valence electrons. The summed E-state index contributed by atoms with van der Waals surface area (Å²) >= 11 is 0. The SMILES string of the molecule is CC(C)CN1C[C@H]2C(=O)NC3(CCN(C(=O)c4cc(C5CC5)on4)CC3)[C@H]2C1. The molecule has 2 amide bonds. The maximum Gasteiger partial charge on any atom is 0.276 e. The van der Waals surface area contributed by atoms with Crippen molar-refractivity contribution in [1.29, 1.82) is 0 Å². The van der Waals surface area contributed by atoms with Crippen LogP contribution in [0.1, 0.15) is 61.7 Å². The van der Waals surface area contributed by atoms with E-state index in [-0.39, 0.29) is 23.3 Å². The number of amides is 2. The quantitative estimate of drug-likeness (QED) is 0.855. The Morgan fingerprint density at radius 2 is 2.07 bits per heavy atom. The minimum Gasteiger partial charge on any atom is -0.360 e. The molecule has 2 atom stereocenters. The third-order valence-electron chi connectivity index (χ3n) is 7.11. The van der Waals surface area contributed by atoms with Crippen LogP contribution in [-0.2, 0) is 4.79 Å². The number of hydrogen-bond acceptors (Lipinski definition) is 5. The molecule has 7 heteroatoms. The Morgan fingerprint density at radius 1 is 1.32 bits per heavy atom. The van der Waals surface area contributed by atoms with Gasteiger partial charge in [0.05, 0.1) is 5.92 Å². The van der Waals surface area contributed by atoms with Gasteiger partial charge in [-0.15, -0.1) is 0 Å². The number of likely N-dealkylation sites (tertiary alicyclic amines) is 2. The van der Waals surface area contributed by atoms with Crippen molar-refractivity contribution >= 4 is 11.8 Å². The third-order valence-corrected chi connectivity index (χ3v) is 7.11. The summed E-state index contributed by atoms with van der Waals surface area (Å²) in [5.74, 6) is 2.56. The number of aromatic nitrogens is 1. The van der Waals surface area contributed by atoms with E-state index in [0.717, 1.165) is 51.1 Å². The normalized spacial score (nSPS) is 29.5. The standard InChI is InChI=1S/C21H30N4O3/c1-13(2)10-24-11-15-16(12-24)21(22-19(15)26)5-7-25(8-6-21)20(27)17-9-18(28-23-17)14-3-4-14/h9,13-16H,3-8,10-12H2,1-2H3,(H,22,26)/t15-,16+/m1/s1. The molecular formula is C21H30N4O3. The molecule has 0 bridgehead atoms. The van der Waals surface area contributed by atoms with Gasteiger partial charge in [-0.05, 0) is 31.6 Å². The van der Waals surface area contributed by atoms with Gasteiger partial charge < -0.3 is 19.6 Å². The lowest BCUT2D eigenvalue weighted by Gasteiger charge is -2.42. The van der Waals surface area contributed by atoms with Crippen molar-refractivity contribution in [2.24, 2.45) is 17.8 Å². The Bertz CT molecular complexity index is 776. The van der Waals surface area contributed by atoms with Gasteiger partial charge in [0, 0.05) is 56.2 Å². The minimum absolute atomic E-state index is 0.0424. The average Bonchev–Trinajstić information content (AvgIpc) is 3.14. The number of carbonyl (C=O) groups is 2. The van der Waals surface area contributed by atoms with Crippen molar-refractivity contribution < 1.29 is 14.1 Å². The molecule has 1 aromatic rings. The number of rotatable bonds is 4. The Hall–Kier alpha value is -1.89. The van der Waals surface area contributed by atoms with E-state index in [1.807, 2.05) is 11.0 Å². The lowest BCUT2D eigenvalue weighted by atomic mass is 9.75. The monoisotopic (exact) mass is 386 g/mol. The average molecular weight is 386 g/mol. The summed E-state index contributed by atoms with van der Waals surface area (Å²) in [7, 11) is 0. The van der Waals surface area contributed by atoms with E-state index < -0.39 is 0 Å². The molecular weight excluding hydrogens is 356 g/mol. The first-order valence-electron chi connectivity index (χ1n) is 10.8. The predicted molar refractivity (Wildman–Crippen MR) is 103 cm³/mol. The first-order valence-corrected chi connectivity index (χ1v) is 10.8.